The minimum atomic E-state index is -0.0231. The number of halogens is 1. The monoisotopic (exact) mass is 434 g/mol. The number of aromatic nitrogens is 1. The normalized spacial score (nSPS) is 14.7. The molecular weight excluding hydrogens is 408 g/mol. The van der Waals surface area contributed by atoms with E-state index in [0.29, 0.717) is 75.4 Å². The minimum Gasteiger partial charge on any atom is -0.441 e. The second kappa shape index (κ2) is 11.1. The number of nitrogens with one attached hydrogen (secondary N) is 1. The van der Waals surface area contributed by atoms with Gasteiger partial charge in [-0.3, -0.25) is 14.5 Å². The molecule has 2 heterocycles. The number of amides is 2. The summed E-state index contributed by atoms with van der Waals surface area (Å²) in [7, 11) is 1.60. The van der Waals surface area contributed by atoms with Gasteiger partial charge in [-0.2, -0.15) is 0 Å². The van der Waals surface area contributed by atoms with Crippen LogP contribution in [0.25, 0.3) is 11.3 Å². The van der Waals surface area contributed by atoms with Crippen molar-refractivity contribution in [1.82, 2.24) is 20.1 Å². The van der Waals surface area contributed by atoms with Gasteiger partial charge in [0.2, 0.25) is 11.8 Å². The molecule has 1 aromatic carbocycles. The van der Waals surface area contributed by atoms with Gasteiger partial charge in [0.15, 0.2) is 11.7 Å². The van der Waals surface area contributed by atoms with Gasteiger partial charge in [0.05, 0.1) is 24.4 Å². The SMILES string of the molecule is COCCNC(=O)CN1CCN(C(=O)CCc2ncc(-c3ccccc3Cl)o2)CC1. The Balaban J connectivity index is 1.40. The van der Waals surface area contributed by atoms with E-state index in [1.807, 2.05) is 23.1 Å². The predicted octanol–water partition coefficient (Wildman–Crippen LogP) is 1.83. The van der Waals surface area contributed by atoms with Gasteiger partial charge >= 0.3 is 0 Å². The highest BCUT2D eigenvalue weighted by atomic mass is 35.5. The van der Waals surface area contributed by atoms with Crippen molar-refractivity contribution in [3.63, 3.8) is 0 Å². The van der Waals surface area contributed by atoms with Crippen molar-refractivity contribution in [2.45, 2.75) is 12.8 Å². The van der Waals surface area contributed by atoms with Crippen molar-refractivity contribution in [2.24, 2.45) is 0 Å². The summed E-state index contributed by atoms with van der Waals surface area (Å²) in [5.74, 6) is 1.16. The number of piperazine rings is 1. The van der Waals surface area contributed by atoms with Crippen molar-refractivity contribution in [3.05, 3.63) is 41.4 Å². The van der Waals surface area contributed by atoms with E-state index in [1.165, 1.54) is 0 Å². The second-order valence-electron chi connectivity index (χ2n) is 7.10. The molecule has 0 saturated carbocycles. The molecule has 0 bridgehead atoms. The lowest BCUT2D eigenvalue weighted by Crippen LogP contribution is -2.51. The lowest BCUT2D eigenvalue weighted by Gasteiger charge is -2.34. The van der Waals surface area contributed by atoms with Gasteiger partial charge < -0.3 is 19.4 Å². The lowest BCUT2D eigenvalue weighted by molar-refractivity contribution is -0.133. The maximum atomic E-state index is 12.5. The molecule has 0 aliphatic carbocycles. The summed E-state index contributed by atoms with van der Waals surface area (Å²) in [5, 5.41) is 3.41. The molecule has 2 amide bonds. The number of methoxy groups -OCH3 is 1. The van der Waals surface area contributed by atoms with Gasteiger partial charge in [0, 0.05) is 58.2 Å². The average Bonchev–Trinajstić information content (AvgIpc) is 3.22. The molecule has 8 nitrogen and oxygen atoms in total. The number of oxazole rings is 1. The Morgan fingerprint density at radius 3 is 2.73 bits per heavy atom. The number of carbonyl (C=O) groups is 2. The van der Waals surface area contributed by atoms with E-state index >= 15 is 0 Å². The third-order valence-electron chi connectivity index (χ3n) is 4.97. The first-order valence-electron chi connectivity index (χ1n) is 10.0. The molecule has 30 heavy (non-hydrogen) atoms. The first-order chi connectivity index (χ1) is 14.6. The van der Waals surface area contributed by atoms with E-state index in [-0.39, 0.29) is 11.8 Å². The number of aryl methyl sites for hydroxylation is 1. The standard InChI is InChI=1S/C21H27ClN4O4/c1-29-13-8-23-19(27)15-25-9-11-26(12-10-25)21(28)7-6-20-24-14-18(30-20)16-4-2-3-5-17(16)22/h2-5,14H,6-13,15H2,1H3,(H,23,27). The quantitative estimate of drug-likeness (QED) is 0.606. The topological polar surface area (TPSA) is 87.9 Å². The van der Waals surface area contributed by atoms with Crippen LogP contribution in [0.2, 0.25) is 5.02 Å². The van der Waals surface area contributed by atoms with Crippen molar-refractivity contribution < 1.29 is 18.7 Å². The summed E-state index contributed by atoms with van der Waals surface area (Å²) in [6.45, 7) is 3.93. The van der Waals surface area contributed by atoms with Crippen molar-refractivity contribution in [3.8, 4) is 11.3 Å². The molecule has 1 N–H and O–H groups in total. The average molecular weight is 435 g/mol. The van der Waals surface area contributed by atoms with Crippen LogP contribution in [0, 0.1) is 0 Å². The van der Waals surface area contributed by atoms with Gasteiger partial charge in [-0.1, -0.05) is 23.7 Å². The first-order valence-corrected chi connectivity index (χ1v) is 10.4. The van der Waals surface area contributed by atoms with E-state index in [4.69, 9.17) is 20.8 Å². The number of hydrogen-bond acceptors (Lipinski definition) is 6. The van der Waals surface area contributed by atoms with Crippen molar-refractivity contribution in [1.29, 1.82) is 0 Å². The number of nitrogens with zero attached hydrogens (tertiary/aromatic N) is 3. The largest absolute Gasteiger partial charge is 0.441 e. The molecule has 1 fully saturated rings. The molecule has 9 heteroatoms. The van der Waals surface area contributed by atoms with Crippen LogP contribution in [0.5, 0.6) is 0 Å². The fraction of sp³-hybridized carbons (Fsp3) is 0.476. The third-order valence-corrected chi connectivity index (χ3v) is 5.30. The highest BCUT2D eigenvalue weighted by molar-refractivity contribution is 6.33. The van der Waals surface area contributed by atoms with Gasteiger partial charge in [0.25, 0.3) is 0 Å². The molecule has 0 atom stereocenters. The van der Waals surface area contributed by atoms with Crippen LogP contribution >= 0.6 is 11.6 Å². The molecule has 0 spiro atoms. The van der Waals surface area contributed by atoms with Crippen LogP contribution < -0.4 is 5.32 Å². The fourth-order valence-corrected chi connectivity index (χ4v) is 3.52. The smallest absolute Gasteiger partial charge is 0.234 e. The first kappa shape index (κ1) is 22.3. The van der Waals surface area contributed by atoms with Crippen LogP contribution in [0.15, 0.2) is 34.9 Å². The van der Waals surface area contributed by atoms with Gasteiger partial charge in [-0.15, -0.1) is 0 Å². The zero-order chi connectivity index (χ0) is 21.3. The Kier molecular flexibility index (Phi) is 8.24. The molecular formula is C21H27ClN4O4. The van der Waals surface area contributed by atoms with Gasteiger partial charge in [-0.05, 0) is 12.1 Å². The Labute approximate surface area is 181 Å². The maximum Gasteiger partial charge on any atom is 0.234 e. The maximum absolute atomic E-state index is 12.5. The zero-order valence-electron chi connectivity index (χ0n) is 17.1. The van der Waals surface area contributed by atoms with E-state index < -0.39 is 0 Å². The van der Waals surface area contributed by atoms with E-state index in [1.54, 1.807) is 19.4 Å². The second-order valence-corrected chi connectivity index (χ2v) is 7.50. The number of carbonyl (C=O) groups excluding carboxylic acids is 2. The number of hydrogen-bond donors (Lipinski definition) is 1. The number of benzene rings is 1. The Morgan fingerprint density at radius 1 is 1.23 bits per heavy atom. The highest BCUT2D eigenvalue weighted by Crippen LogP contribution is 2.28. The van der Waals surface area contributed by atoms with Crippen LogP contribution in [-0.4, -0.2) is 79.6 Å². The van der Waals surface area contributed by atoms with Gasteiger partial charge in [-0.25, -0.2) is 4.98 Å². The van der Waals surface area contributed by atoms with Crippen LogP contribution in [0.3, 0.4) is 0 Å². The molecule has 162 valence electrons. The Bertz CT molecular complexity index is 849. The molecule has 1 aliphatic heterocycles. The molecule has 3 rings (SSSR count). The molecule has 0 unspecified atom stereocenters. The predicted molar refractivity (Wildman–Crippen MR) is 113 cm³/mol. The van der Waals surface area contributed by atoms with Crippen LogP contribution in [-0.2, 0) is 20.7 Å². The van der Waals surface area contributed by atoms with E-state index in [0.717, 1.165) is 5.56 Å². The summed E-state index contributed by atoms with van der Waals surface area (Å²) >= 11 is 6.19. The summed E-state index contributed by atoms with van der Waals surface area (Å²) in [4.78, 5) is 32.6. The summed E-state index contributed by atoms with van der Waals surface area (Å²) in [6.07, 6.45) is 2.41. The number of ether oxygens (including phenoxy) is 1. The minimum absolute atomic E-state index is 0.0231. The highest BCUT2D eigenvalue weighted by Gasteiger charge is 2.22. The Morgan fingerprint density at radius 2 is 2.00 bits per heavy atom. The summed E-state index contributed by atoms with van der Waals surface area (Å²) in [6, 6.07) is 7.41. The van der Waals surface area contributed by atoms with E-state index in [9.17, 15) is 9.59 Å². The molecule has 1 aromatic heterocycles. The molecule has 1 saturated heterocycles. The summed E-state index contributed by atoms with van der Waals surface area (Å²) in [5.41, 5.74) is 0.784. The molecule has 2 aromatic rings. The number of rotatable bonds is 9. The zero-order valence-corrected chi connectivity index (χ0v) is 17.9. The molecule has 1 aliphatic rings. The van der Waals surface area contributed by atoms with Crippen molar-refractivity contribution in [2.75, 3.05) is 53.0 Å². The van der Waals surface area contributed by atoms with Crippen LogP contribution in [0.1, 0.15) is 12.3 Å². The fourth-order valence-electron chi connectivity index (χ4n) is 3.29. The van der Waals surface area contributed by atoms with Crippen molar-refractivity contribution >= 4 is 23.4 Å². The Hall–Kier alpha value is -2.42. The lowest BCUT2D eigenvalue weighted by atomic mass is 10.2. The summed E-state index contributed by atoms with van der Waals surface area (Å²) < 4.78 is 10.7. The van der Waals surface area contributed by atoms with E-state index in [2.05, 4.69) is 15.2 Å². The van der Waals surface area contributed by atoms with Crippen LogP contribution in [0.4, 0.5) is 0 Å². The molecule has 0 radical (unpaired) electrons. The van der Waals surface area contributed by atoms with Gasteiger partial charge in [0.1, 0.15) is 0 Å². The third kappa shape index (κ3) is 6.29.